The molecule has 2 fully saturated rings. The third-order valence-corrected chi connectivity index (χ3v) is 10.3. The van der Waals surface area contributed by atoms with E-state index in [0.29, 0.717) is 24.0 Å². The number of hydrogen-bond acceptors (Lipinski definition) is 8. The van der Waals surface area contributed by atoms with Crippen molar-refractivity contribution in [1.82, 2.24) is 35.3 Å². The summed E-state index contributed by atoms with van der Waals surface area (Å²) in [6.07, 6.45) is 8.00. The lowest BCUT2D eigenvalue weighted by Gasteiger charge is -2.44. The monoisotopic (exact) mass is 620 g/mol. The first kappa shape index (κ1) is 30.2. The Morgan fingerprint density at radius 1 is 0.978 bits per heavy atom. The van der Waals surface area contributed by atoms with Gasteiger partial charge in [-0.25, -0.2) is 14.6 Å². The number of benzene rings is 2. The van der Waals surface area contributed by atoms with Crippen LogP contribution in [-0.2, 0) is 6.54 Å². The van der Waals surface area contributed by atoms with Crippen molar-refractivity contribution in [3.8, 4) is 22.8 Å². The summed E-state index contributed by atoms with van der Waals surface area (Å²) in [5, 5.41) is 16.6. The Kier molecular flexibility index (Phi) is 8.15. The maximum Gasteiger partial charge on any atom is 0.179 e. The molecule has 2 aliphatic rings. The van der Waals surface area contributed by atoms with Crippen LogP contribution in [0.1, 0.15) is 67.6 Å². The fourth-order valence-corrected chi connectivity index (χ4v) is 7.64. The summed E-state index contributed by atoms with van der Waals surface area (Å²) >= 11 is 0. The van der Waals surface area contributed by atoms with Gasteiger partial charge in [-0.05, 0) is 87.3 Å². The van der Waals surface area contributed by atoms with Gasteiger partial charge in [-0.1, -0.05) is 30.7 Å². The molecule has 0 unspecified atom stereocenters. The van der Waals surface area contributed by atoms with Gasteiger partial charge in [-0.3, -0.25) is 5.10 Å². The summed E-state index contributed by atoms with van der Waals surface area (Å²) in [6, 6.07) is 17.4. The number of aromatic amines is 1. The normalized spacial score (nSPS) is 18.4. The van der Waals surface area contributed by atoms with E-state index in [1.54, 1.807) is 14.2 Å². The van der Waals surface area contributed by atoms with Crippen molar-refractivity contribution < 1.29 is 9.47 Å². The SMILES string of the molecule is COc1ccc(Cn2nc(-c3c(C)n[nH]c3C)c3ncc(N4CCC5(CCC[C@H]5N[C@H](C)c5ccc(OC)cc5)CC4)nc32)cc1. The molecule has 7 rings (SSSR count). The second-order valence-electron chi connectivity index (χ2n) is 13.0. The van der Waals surface area contributed by atoms with Crippen LogP contribution < -0.4 is 19.7 Å². The zero-order chi connectivity index (χ0) is 31.8. The lowest BCUT2D eigenvalue weighted by atomic mass is 9.73. The van der Waals surface area contributed by atoms with Gasteiger partial charge in [0.1, 0.15) is 28.5 Å². The number of nitrogens with zero attached hydrogens (tertiary/aromatic N) is 6. The van der Waals surface area contributed by atoms with E-state index in [1.165, 1.54) is 24.8 Å². The molecule has 1 aliphatic heterocycles. The van der Waals surface area contributed by atoms with Crippen LogP contribution in [-0.4, -0.2) is 63.3 Å². The molecule has 5 aromatic rings. The molecule has 2 aromatic carbocycles. The average Bonchev–Trinajstić information content (AvgIpc) is 3.75. The van der Waals surface area contributed by atoms with Gasteiger partial charge in [0.05, 0.1) is 32.7 Å². The predicted molar refractivity (Wildman–Crippen MR) is 181 cm³/mol. The zero-order valence-corrected chi connectivity index (χ0v) is 27.5. The van der Waals surface area contributed by atoms with Crippen LogP contribution in [0.15, 0.2) is 54.7 Å². The minimum absolute atomic E-state index is 0.292. The van der Waals surface area contributed by atoms with Crippen LogP contribution in [0.3, 0.4) is 0 Å². The first-order valence-corrected chi connectivity index (χ1v) is 16.4. The number of fused-ring (bicyclic) bond motifs is 1. The topological polar surface area (TPSA) is 106 Å². The van der Waals surface area contributed by atoms with E-state index in [0.717, 1.165) is 82.6 Å². The zero-order valence-electron chi connectivity index (χ0n) is 27.5. The van der Waals surface area contributed by atoms with Crippen molar-refractivity contribution in [2.45, 2.75) is 71.5 Å². The molecule has 1 spiro atoms. The van der Waals surface area contributed by atoms with E-state index in [4.69, 9.17) is 24.5 Å². The third-order valence-electron chi connectivity index (χ3n) is 10.3. The number of hydrogen-bond donors (Lipinski definition) is 2. The van der Waals surface area contributed by atoms with Gasteiger partial charge in [0, 0.05) is 36.4 Å². The maximum atomic E-state index is 5.37. The van der Waals surface area contributed by atoms with Gasteiger partial charge in [0.25, 0.3) is 0 Å². The van der Waals surface area contributed by atoms with Gasteiger partial charge in [-0.2, -0.15) is 10.2 Å². The third kappa shape index (κ3) is 5.59. The highest BCUT2D eigenvalue weighted by Crippen LogP contribution is 2.47. The summed E-state index contributed by atoms with van der Waals surface area (Å²) in [5.74, 6) is 2.65. The number of anilines is 1. The molecule has 2 N–H and O–H groups in total. The van der Waals surface area contributed by atoms with Crippen LogP contribution in [0.25, 0.3) is 22.4 Å². The second kappa shape index (κ2) is 12.4. The standard InChI is InChI=1S/C36H44N8O2/c1-23(27-10-14-29(46-5)15-11-27)38-30-7-6-16-36(30)17-19-43(20-18-36)31-21-37-34-33(32-24(2)40-41-25(32)3)42-44(35(34)39-31)22-26-8-12-28(45-4)13-9-26/h8-15,21,23,30,38H,6-7,16-20,22H2,1-5H3,(H,40,41)/t23-,30-/m1/s1. The van der Waals surface area contributed by atoms with Gasteiger partial charge in [-0.15, -0.1) is 0 Å². The van der Waals surface area contributed by atoms with E-state index in [9.17, 15) is 0 Å². The number of piperidine rings is 1. The Morgan fingerprint density at radius 2 is 1.67 bits per heavy atom. The highest BCUT2D eigenvalue weighted by Gasteiger charge is 2.45. The van der Waals surface area contributed by atoms with E-state index < -0.39 is 0 Å². The summed E-state index contributed by atoms with van der Waals surface area (Å²) in [4.78, 5) is 12.7. The highest BCUT2D eigenvalue weighted by molar-refractivity contribution is 5.90. The minimum Gasteiger partial charge on any atom is -0.497 e. The van der Waals surface area contributed by atoms with Crippen LogP contribution in [0.5, 0.6) is 11.5 Å². The first-order chi connectivity index (χ1) is 22.4. The molecule has 2 atom stereocenters. The molecule has 0 amide bonds. The van der Waals surface area contributed by atoms with Gasteiger partial charge >= 0.3 is 0 Å². The fourth-order valence-electron chi connectivity index (χ4n) is 7.64. The first-order valence-electron chi connectivity index (χ1n) is 16.4. The van der Waals surface area contributed by atoms with E-state index >= 15 is 0 Å². The Labute approximate surface area is 270 Å². The summed E-state index contributed by atoms with van der Waals surface area (Å²) in [5.41, 5.74) is 8.00. The van der Waals surface area contributed by atoms with Crippen molar-refractivity contribution in [3.05, 3.63) is 77.2 Å². The Morgan fingerprint density at radius 3 is 2.33 bits per heavy atom. The van der Waals surface area contributed by atoms with E-state index in [-0.39, 0.29) is 0 Å². The number of rotatable bonds is 9. The Balaban J connectivity index is 1.13. The molecule has 10 heteroatoms. The van der Waals surface area contributed by atoms with Crippen LogP contribution in [0, 0.1) is 19.3 Å². The van der Waals surface area contributed by atoms with Crippen LogP contribution in [0.2, 0.25) is 0 Å². The Bertz CT molecular complexity index is 1780. The van der Waals surface area contributed by atoms with E-state index in [2.05, 4.69) is 63.7 Å². The molecule has 10 nitrogen and oxygen atoms in total. The van der Waals surface area contributed by atoms with Crippen molar-refractivity contribution in [3.63, 3.8) is 0 Å². The van der Waals surface area contributed by atoms with Crippen LogP contribution >= 0.6 is 0 Å². The number of nitrogens with one attached hydrogen (secondary N) is 2. The lowest BCUT2D eigenvalue weighted by molar-refractivity contribution is 0.163. The van der Waals surface area contributed by atoms with Crippen molar-refractivity contribution in [2.75, 3.05) is 32.2 Å². The molecular weight excluding hydrogens is 576 g/mol. The predicted octanol–water partition coefficient (Wildman–Crippen LogP) is 6.39. The van der Waals surface area contributed by atoms with Crippen molar-refractivity contribution in [1.29, 1.82) is 0 Å². The molecule has 4 heterocycles. The highest BCUT2D eigenvalue weighted by atomic mass is 16.5. The molecule has 1 saturated heterocycles. The smallest absolute Gasteiger partial charge is 0.179 e. The second-order valence-corrected chi connectivity index (χ2v) is 13.0. The number of ether oxygens (including phenoxy) is 2. The van der Waals surface area contributed by atoms with Gasteiger partial charge in [0.15, 0.2) is 5.65 Å². The number of methoxy groups -OCH3 is 2. The summed E-state index contributed by atoms with van der Waals surface area (Å²) < 4.78 is 12.7. The molecule has 0 radical (unpaired) electrons. The molecule has 3 aromatic heterocycles. The number of H-pyrrole nitrogens is 1. The molecule has 1 aliphatic carbocycles. The number of aromatic nitrogens is 6. The van der Waals surface area contributed by atoms with Crippen LogP contribution in [0.4, 0.5) is 5.82 Å². The maximum absolute atomic E-state index is 5.37. The average molecular weight is 621 g/mol. The minimum atomic E-state index is 0.292. The van der Waals surface area contributed by atoms with Crippen molar-refractivity contribution >= 4 is 17.0 Å². The molecule has 0 bridgehead atoms. The van der Waals surface area contributed by atoms with Gasteiger partial charge in [0.2, 0.25) is 0 Å². The molecule has 1 saturated carbocycles. The van der Waals surface area contributed by atoms with Gasteiger partial charge < -0.3 is 19.7 Å². The van der Waals surface area contributed by atoms with E-state index in [1.807, 2.05) is 36.9 Å². The summed E-state index contributed by atoms with van der Waals surface area (Å²) in [6.45, 7) is 8.82. The number of aryl methyl sites for hydroxylation is 2. The molecule has 46 heavy (non-hydrogen) atoms. The Hall–Kier alpha value is -4.44. The fraction of sp³-hybridized carbons (Fsp3) is 0.444. The lowest BCUT2D eigenvalue weighted by Crippen LogP contribution is -2.49. The largest absolute Gasteiger partial charge is 0.497 e. The molecular formula is C36H44N8O2. The summed E-state index contributed by atoms with van der Waals surface area (Å²) in [7, 11) is 3.40. The van der Waals surface area contributed by atoms with Crippen molar-refractivity contribution in [2.24, 2.45) is 5.41 Å². The molecule has 240 valence electrons. The quantitative estimate of drug-likeness (QED) is 0.195.